The largest absolute Gasteiger partial charge is 0.469 e. The Morgan fingerprint density at radius 1 is 1.32 bits per heavy atom. The Kier molecular flexibility index (Phi) is 5.40. The average Bonchev–Trinajstić information content (AvgIpc) is 2.94. The summed E-state index contributed by atoms with van der Waals surface area (Å²) in [5.74, 6) is -0.696. The number of anilines is 1. The maximum absolute atomic E-state index is 12.1. The number of methoxy groups -OCH3 is 1. The lowest BCUT2D eigenvalue weighted by Gasteiger charge is -2.02. The number of thiazole rings is 1. The number of rotatable bonds is 5. The van der Waals surface area contributed by atoms with Crippen LogP contribution in [0.25, 0.3) is 0 Å². The summed E-state index contributed by atoms with van der Waals surface area (Å²) in [5.41, 5.74) is 0.989. The van der Waals surface area contributed by atoms with Gasteiger partial charge >= 0.3 is 5.97 Å². The molecule has 1 aromatic heterocycles. The number of nitrogens with zero attached hydrogens (tertiary/aromatic N) is 1. The molecule has 6 nitrogen and oxygen atoms in total. The quantitative estimate of drug-likeness (QED) is 0.841. The normalized spacial score (nSPS) is 11.7. The van der Waals surface area contributed by atoms with Gasteiger partial charge in [-0.3, -0.25) is 19.1 Å². The van der Waals surface area contributed by atoms with E-state index in [9.17, 15) is 13.8 Å². The molecule has 2 aromatic rings. The van der Waals surface area contributed by atoms with Crippen LogP contribution in [0.3, 0.4) is 0 Å². The fourth-order valence-corrected chi connectivity index (χ4v) is 2.86. The van der Waals surface area contributed by atoms with Crippen LogP contribution >= 0.6 is 11.3 Å². The van der Waals surface area contributed by atoms with E-state index in [1.807, 2.05) is 0 Å². The monoisotopic (exact) mass is 338 g/mol. The van der Waals surface area contributed by atoms with Crippen LogP contribution in [0, 0.1) is 0 Å². The van der Waals surface area contributed by atoms with Gasteiger partial charge in [0.2, 0.25) is 0 Å². The van der Waals surface area contributed by atoms with E-state index in [0.29, 0.717) is 21.3 Å². The second-order valence-corrected chi connectivity index (χ2v) is 6.57. The minimum Gasteiger partial charge on any atom is -0.469 e. The van der Waals surface area contributed by atoms with Crippen LogP contribution in [0.1, 0.15) is 16.1 Å². The Bertz CT molecular complexity index is 710. The summed E-state index contributed by atoms with van der Waals surface area (Å²) in [7, 11) is 0.232. The first kappa shape index (κ1) is 16.3. The molecule has 0 spiro atoms. The van der Waals surface area contributed by atoms with Gasteiger partial charge in [-0.25, -0.2) is 4.98 Å². The Hall–Kier alpha value is -2.06. The van der Waals surface area contributed by atoms with Gasteiger partial charge in [0.15, 0.2) is 5.13 Å². The molecule has 1 amide bonds. The summed E-state index contributed by atoms with van der Waals surface area (Å²) >= 11 is 1.23. The third-order valence-corrected chi connectivity index (χ3v) is 4.52. The molecule has 0 saturated heterocycles. The van der Waals surface area contributed by atoms with Crippen molar-refractivity contribution in [1.82, 2.24) is 4.98 Å². The fourth-order valence-electron chi connectivity index (χ4n) is 1.63. The molecule has 0 saturated carbocycles. The minimum atomic E-state index is -1.08. The highest BCUT2D eigenvalue weighted by Gasteiger charge is 2.11. The lowest BCUT2D eigenvalue weighted by molar-refractivity contribution is -0.139. The fraction of sp³-hybridized carbons (Fsp3) is 0.214. The van der Waals surface area contributed by atoms with E-state index in [0.717, 1.165) is 0 Å². The van der Waals surface area contributed by atoms with Crippen molar-refractivity contribution >= 4 is 39.1 Å². The van der Waals surface area contributed by atoms with Gasteiger partial charge in [0, 0.05) is 32.9 Å². The number of benzene rings is 1. The van der Waals surface area contributed by atoms with E-state index in [1.54, 1.807) is 35.9 Å². The van der Waals surface area contributed by atoms with Gasteiger partial charge in [0.05, 0.1) is 19.2 Å². The number of amides is 1. The van der Waals surface area contributed by atoms with Crippen molar-refractivity contribution in [3.05, 3.63) is 40.9 Å². The van der Waals surface area contributed by atoms with Crippen molar-refractivity contribution in [1.29, 1.82) is 0 Å². The van der Waals surface area contributed by atoms with E-state index >= 15 is 0 Å². The van der Waals surface area contributed by atoms with Crippen molar-refractivity contribution < 1.29 is 18.5 Å². The van der Waals surface area contributed by atoms with E-state index < -0.39 is 10.8 Å². The summed E-state index contributed by atoms with van der Waals surface area (Å²) < 4.78 is 15.9. The molecular formula is C14H14N2O4S2. The van der Waals surface area contributed by atoms with Gasteiger partial charge in [0.1, 0.15) is 0 Å². The molecule has 1 atom stereocenters. The lowest BCUT2D eigenvalue weighted by Crippen LogP contribution is -2.12. The number of nitrogens with one attached hydrogen (secondary N) is 1. The summed E-state index contributed by atoms with van der Waals surface area (Å²) in [6.07, 6.45) is 1.65. The van der Waals surface area contributed by atoms with E-state index in [-0.39, 0.29) is 18.3 Å². The van der Waals surface area contributed by atoms with Gasteiger partial charge in [-0.05, 0) is 24.3 Å². The molecule has 0 bridgehead atoms. The molecule has 0 radical (unpaired) electrons. The summed E-state index contributed by atoms with van der Waals surface area (Å²) in [4.78, 5) is 28.0. The molecule has 1 heterocycles. The number of hydrogen-bond donors (Lipinski definition) is 1. The highest BCUT2D eigenvalue weighted by molar-refractivity contribution is 7.84. The van der Waals surface area contributed by atoms with Crippen molar-refractivity contribution in [2.45, 2.75) is 11.3 Å². The van der Waals surface area contributed by atoms with Crippen LogP contribution in [-0.4, -0.2) is 34.4 Å². The number of carbonyl (C=O) groups is 2. The maximum atomic E-state index is 12.1. The van der Waals surface area contributed by atoms with Gasteiger partial charge in [-0.15, -0.1) is 11.3 Å². The van der Waals surface area contributed by atoms with Crippen molar-refractivity contribution in [3.63, 3.8) is 0 Å². The highest BCUT2D eigenvalue weighted by Crippen LogP contribution is 2.17. The number of hydrogen-bond acceptors (Lipinski definition) is 6. The molecular weight excluding hydrogens is 324 g/mol. The molecule has 0 aliphatic heterocycles. The van der Waals surface area contributed by atoms with Crippen molar-refractivity contribution in [3.8, 4) is 0 Å². The Morgan fingerprint density at radius 3 is 2.59 bits per heavy atom. The van der Waals surface area contributed by atoms with Gasteiger partial charge in [-0.1, -0.05) is 0 Å². The van der Waals surface area contributed by atoms with E-state index in [1.165, 1.54) is 18.4 Å². The summed E-state index contributed by atoms with van der Waals surface area (Å²) in [5, 5.41) is 4.76. The number of esters is 1. The van der Waals surface area contributed by atoms with Gasteiger partial charge in [-0.2, -0.15) is 0 Å². The van der Waals surface area contributed by atoms with Crippen LogP contribution in [0.5, 0.6) is 0 Å². The van der Waals surface area contributed by atoms with E-state index in [2.05, 4.69) is 15.0 Å². The van der Waals surface area contributed by atoms with Crippen LogP contribution < -0.4 is 5.32 Å². The molecule has 1 N–H and O–H groups in total. The SMILES string of the molecule is COC(=O)Cc1csc(NC(=O)c2ccc(S(C)=O)cc2)n1. The zero-order valence-electron chi connectivity index (χ0n) is 12.0. The summed E-state index contributed by atoms with van der Waals surface area (Å²) in [6, 6.07) is 6.51. The van der Waals surface area contributed by atoms with E-state index in [4.69, 9.17) is 0 Å². The molecule has 22 heavy (non-hydrogen) atoms. The molecule has 2 rings (SSSR count). The summed E-state index contributed by atoms with van der Waals surface area (Å²) in [6.45, 7) is 0. The molecule has 8 heteroatoms. The lowest BCUT2D eigenvalue weighted by atomic mass is 10.2. The third kappa shape index (κ3) is 4.22. The molecule has 0 fully saturated rings. The maximum Gasteiger partial charge on any atom is 0.311 e. The second kappa shape index (κ2) is 7.28. The topological polar surface area (TPSA) is 85.4 Å². The molecule has 1 unspecified atom stereocenters. The third-order valence-electron chi connectivity index (χ3n) is 2.77. The standard InChI is InChI=1S/C14H14N2O4S2/c1-20-12(17)7-10-8-21-14(15-10)16-13(18)9-3-5-11(6-4-9)22(2)19/h3-6,8H,7H2,1-2H3,(H,15,16,18). The van der Waals surface area contributed by atoms with Crippen LogP contribution in [0.4, 0.5) is 5.13 Å². The van der Waals surface area contributed by atoms with Crippen LogP contribution in [0.15, 0.2) is 34.5 Å². The van der Waals surface area contributed by atoms with Gasteiger partial charge in [0.25, 0.3) is 5.91 Å². The second-order valence-electron chi connectivity index (χ2n) is 4.33. The molecule has 1 aromatic carbocycles. The molecule has 116 valence electrons. The predicted molar refractivity (Wildman–Crippen MR) is 84.6 cm³/mol. The average molecular weight is 338 g/mol. The highest BCUT2D eigenvalue weighted by atomic mass is 32.2. The number of aromatic nitrogens is 1. The minimum absolute atomic E-state index is 0.0693. The van der Waals surface area contributed by atoms with Crippen LogP contribution in [-0.2, 0) is 26.8 Å². The Labute approximate surface area is 134 Å². The van der Waals surface area contributed by atoms with Crippen LogP contribution in [0.2, 0.25) is 0 Å². The predicted octanol–water partition coefficient (Wildman–Crippen LogP) is 1.85. The first-order chi connectivity index (χ1) is 10.5. The van der Waals surface area contributed by atoms with Crippen molar-refractivity contribution in [2.75, 3.05) is 18.7 Å². The molecule has 0 aliphatic rings. The Morgan fingerprint density at radius 2 is 2.00 bits per heavy atom. The zero-order valence-corrected chi connectivity index (χ0v) is 13.6. The smallest absolute Gasteiger partial charge is 0.311 e. The molecule has 0 aliphatic carbocycles. The first-order valence-corrected chi connectivity index (χ1v) is 8.69. The zero-order chi connectivity index (χ0) is 16.1. The number of ether oxygens (including phenoxy) is 1. The van der Waals surface area contributed by atoms with Gasteiger partial charge < -0.3 is 4.74 Å². The first-order valence-electron chi connectivity index (χ1n) is 6.25. The Balaban J connectivity index is 2.02. The number of carbonyl (C=O) groups excluding carboxylic acids is 2. The van der Waals surface area contributed by atoms with Crippen molar-refractivity contribution in [2.24, 2.45) is 0 Å².